The van der Waals surface area contributed by atoms with E-state index in [4.69, 9.17) is 0 Å². The highest BCUT2D eigenvalue weighted by Crippen LogP contribution is 2.33. The molecule has 0 spiro atoms. The maximum absolute atomic E-state index is 3.33. The maximum atomic E-state index is 3.33. The Balaban J connectivity index is 1.91. The predicted molar refractivity (Wildman–Crippen MR) is 77.8 cm³/mol. The largest absolute Gasteiger partial charge is 0.319 e. The molecule has 0 saturated carbocycles. The van der Waals surface area contributed by atoms with E-state index < -0.39 is 0 Å². The van der Waals surface area contributed by atoms with Crippen molar-refractivity contribution in [1.82, 2.24) is 10.2 Å². The van der Waals surface area contributed by atoms with E-state index in [9.17, 15) is 0 Å². The van der Waals surface area contributed by atoms with Gasteiger partial charge in [0.15, 0.2) is 0 Å². The van der Waals surface area contributed by atoms with Crippen LogP contribution in [0.25, 0.3) is 0 Å². The highest BCUT2D eigenvalue weighted by atomic mass is 15.2. The number of hydrogen-bond donors (Lipinski definition) is 1. The van der Waals surface area contributed by atoms with Crippen molar-refractivity contribution >= 4 is 0 Å². The van der Waals surface area contributed by atoms with Crippen molar-refractivity contribution in [2.45, 2.75) is 32.2 Å². The third kappa shape index (κ3) is 2.93. The Morgan fingerprint density at radius 1 is 1.28 bits per heavy atom. The Morgan fingerprint density at radius 2 is 2.00 bits per heavy atom. The summed E-state index contributed by atoms with van der Waals surface area (Å²) >= 11 is 0. The quantitative estimate of drug-likeness (QED) is 0.859. The van der Waals surface area contributed by atoms with Crippen molar-refractivity contribution in [2.75, 3.05) is 26.7 Å². The molecule has 100 valence electrons. The first-order valence-electron chi connectivity index (χ1n) is 7.08. The maximum Gasteiger partial charge on any atom is 0.0194 e. The van der Waals surface area contributed by atoms with Gasteiger partial charge >= 0.3 is 0 Å². The lowest BCUT2D eigenvalue weighted by atomic mass is 9.88. The van der Waals surface area contributed by atoms with Crippen LogP contribution < -0.4 is 5.32 Å². The fraction of sp³-hybridized carbons (Fsp3) is 0.625. The summed E-state index contributed by atoms with van der Waals surface area (Å²) in [5.41, 5.74) is 1.78. The highest BCUT2D eigenvalue weighted by molar-refractivity contribution is 5.15. The Bertz CT molecular complexity index is 359. The van der Waals surface area contributed by atoms with Gasteiger partial charge < -0.3 is 5.32 Å². The third-order valence-electron chi connectivity index (χ3n) is 4.53. The minimum atomic E-state index is 0.331. The highest BCUT2D eigenvalue weighted by Gasteiger charge is 2.39. The van der Waals surface area contributed by atoms with Gasteiger partial charge in [-0.1, -0.05) is 30.3 Å². The predicted octanol–water partition coefficient (Wildman–Crippen LogP) is 2.55. The van der Waals surface area contributed by atoms with Crippen LogP contribution in [0, 0.1) is 5.92 Å². The van der Waals surface area contributed by atoms with Crippen LogP contribution in [0.2, 0.25) is 0 Å². The summed E-state index contributed by atoms with van der Waals surface area (Å²) < 4.78 is 0. The van der Waals surface area contributed by atoms with E-state index in [1.54, 1.807) is 0 Å². The molecule has 2 rings (SSSR count). The molecule has 1 atom stereocenters. The zero-order chi connectivity index (χ0) is 13.0. The molecular weight excluding hydrogens is 220 g/mol. The lowest BCUT2D eigenvalue weighted by molar-refractivity contribution is 0.139. The van der Waals surface area contributed by atoms with Gasteiger partial charge in [0.25, 0.3) is 0 Å². The second kappa shape index (κ2) is 5.85. The van der Waals surface area contributed by atoms with Gasteiger partial charge in [-0.3, -0.25) is 4.90 Å². The number of benzene rings is 1. The van der Waals surface area contributed by atoms with Crippen LogP contribution in [0.3, 0.4) is 0 Å². The summed E-state index contributed by atoms with van der Waals surface area (Å²) in [5, 5.41) is 3.33. The molecule has 1 heterocycles. The Kier molecular flexibility index (Phi) is 4.41. The van der Waals surface area contributed by atoms with Crippen LogP contribution in [0.4, 0.5) is 0 Å². The molecule has 1 aliphatic heterocycles. The van der Waals surface area contributed by atoms with Gasteiger partial charge in [-0.2, -0.15) is 0 Å². The van der Waals surface area contributed by atoms with Crippen LogP contribution in [-0.2, 0) is 6.42 Å². The van der Waals surface area contributed by atoms with Gasteiger partial charge in [-0.05, 0) is 58.3 Å². The first kappa shape index (κ1) is 13.6. The molecule has 1 fully saturated rings. The van der Waals surface area contributed by atoms with Crippen molar-refractivity contribution in [3.8, 4) is 0 Å². The normalized spacial score (nSPS) is 23.4. The molecule has 1 saturated heterocycles. The first-order valence-corrected chi connectivity index (χ1v) is 7.08. The van der Waals surface area contributed by atoms with E-state index in [-0.39, 0.29) is 0 Å². The van der Waals surface area contributed by atoms with Crippen LogP contribution >= 0.6 is 0 Å². The van der Waals surface area contributed by atoms with Crippen LogP contribution in [0.15, 0.2) is 30.3 Å². The summed E-state index contributed by atoms with van der Waals surface area (Å²) in [6, 6.07) is 10.8. The van der Waals surface area contributed by atoms with Gasteiger partial charge in [0.2, 0.25) is 0 Å². The fourth-order valence-electron chi connectivity index (χ4n) is 3.12. The minimum absolute atomic E-state index is 0.331. The Hall–Kier alpha value is -0.860. The van der Waals surface area contributed by atoms with Crippen molar-refractivity contribution in [3.63, 3.8) is 0 Å². The van der Waals surface area contributed by atoms with Crippen LogP contribution in [-0.4, -0.2) is 37.1 Å². The fourth-order valence-corrected chi connectivity index (χ4v) is 3.12. The van der Waals surface area contributed by atoms with E-state index in [1.807, 2.05) is 0 Å². The smallest absolute Gasteiger partial charge is 0.0194 e. The molecule has 2 heteroatoms. The van der Waals surface area contributed by atoms with E-state index in [0.717, 1.165) is 18.9 Å². The van der Waals surface area contributed by atoms with Crippen molar-refractivity contribution in [2.24, 2.45) is 5.92 Å². The molecule has 0 aromatic heterocycles. The van der Waals surface area contributed by atoms with Gasteiger partial charge in [0.05, 0.1) is 0 Å². The summed E-state index contributed by atoms with van der Waals surface area (Å²) in [7, 11) is 2.06. The van der Waals surface area contributed by atoms with Gasteiger partial charge in [-0.15, -0.1) is 0 Å². The Labute approximate surface area is 111 Å². The first-order chi connectivity index (χ1) is 8.64. The van der Waals surface area contributed by atoms with Crippen molar-refractivity contribution in [3.05, 3.63) is 35.9 Å². The van der Waals surface area contributed by atoms with E-state index in [0.29, 0.717) is 5.54 Å². The lowest BCUT2D eigenvalue weighted by Gasteiger charge is -2.36. The molecule has 1 N–H and O–H groups in total. The summed E-state index contributed by atoms with van der Waals surface area (Å²) in [6.45, 7) is 8.35. The van der Waals surface area contributed by atoms with E-state index >= 15 is 0 Å². The van der Waals surface area contributed by atoms with Gasteiger partial charge in [-0.25, -0.2) is 0 Å². The molecule has 1 unspecified atom stereocenters. The van der Waals surface area contributed by atoms with E-state index in [1.165, 1.54) is 25.1 Å². The standard InChI is InChI=1S/C16H26N2/c1-16(2)15(13-17-3)10-12-18(16)11-9-14-7-5-4-6-8-14/h4-8,15,17H,9-13H2,1-3H3. The SMILES string of the molecule is CNCC1CCN(CCc2ccccc2)C1(C)C. The van der Waals surface area contributed by atoms with Crippen molar-refractivity contribution < 1.29 is 0 Å². The van der Waals surface area contributed by atoms with Crippen molar-refractivity contribution in [1.29, 1.82) is 0 Å². The van der Waals surface area contributed by atoms with Gasteiger partial charge in [0, 0.05) is 12.1 Å². The average Bonchev–Trinajstić information content (AvgIpc) is 2.64. The summed E-state index contributed by atoms with van der Waals surface area (Å²) in [5.74, 6) is 0.776. The molecule has 2 nitrogen and oxygen atoms in total. The van der Waals surface area contributed by atoms with Gasteiger partial charge in [0.1, 0.15) is 0 Å². The Morgan fingerprint density at radius 3 is 2.67 bits per heavy atom. The summed E-state index contributed by atoms with van der Waals surface area (Å²) in [4.78, 5) is 2.65. The molecular formula is C16H26N2. The molecule has 0 bridgehead atoms. The molecule has 0 amide bonds. The molecule has 0 aliphatic carbocycles. The van der Waals surface area contributed by atoms with E-state index in [2.05, 4.69) is 61.4 Å². The number of nitrogens with zero attached hydrogens (tertiary/aromatic N) is 1. The monoisotopic (exact) mass is 246 g/mol. The van der Waals surface area contributed by atoms with Crippen LogP contribution in [0.5, 0.6) is 0 Å². The number of likely N-dealkylation sites (tertiary alicyclic amines) is 1. The molecule has 18 heavy (non-hydrogen) atoms. The minimum Gasteiger partial charge on any atom is -0.319 e. The van der Waals surface area contributed by atoms with Crippen LogP contribution in [0.1, 0.15) is 25.8 Å². The average molecular weight is 246 g/mol. The summed E-state index contributed by atoms with van der Waals surface area (Å²) in [6.07, 6.45) is 2.49. The number of nitrogens with one attached hydrogen (secondary N) is 1. The molecule has 1 aliphatic rings. The lowest BCUT2D eigenvalue weighted by Crippen LogP contribution is -2.45. The zero-order valence-corrected chi connectivity index (χ0v) is 11.9. The zero-order valence-electron chi connectivity index (χ0n) is 11.9. The molecule has 1 aromatic carbocycles. The number of hydrogen-bond acceptors (Lipinski definition) is 2. The molecule has 1 aromatic rings. The molecule has 0 radical (unpaired) electrons. The second-order valence-electron chi connectivity index (χ2n) is 5.92. The third-order valence-corrected chi connectivity index (χ3v) is 4.53. The topological polar surface area (TPSA) is 15.3 Å². The second-order valence-corrected chi connectivity index (χ2v) is 5.92. The number of rotatable bonds is 5.